The average Bonchev–Trinajstić information content (AvgIpc) is 2.47. The average molecular weight is 282 g/mol. The van der Waals surface area contributed by atoms with Gasteiger partial charge in [-0.3, -0.25) is 5.43 Å². The Balaban J connectivity index is 2.16. The summed E-state index contributed by atoms with van der Waals surface area (Å²) in [5.41, 5.74) is 6.26. The lowest BCUT2D eigenvalue weighted by molar-refractivity contribution is 0.412. The Morgan fingerprint density at radius 2 is 1.76 bits per heavy atom. The number of anilines is 1. The second kappa shape index (κ2) is 6.44. The largest absolute Gasteiger partial charge is 0.496 e. The van der Waals surface area contributed by atoms with Crippen LogP contribution in [0.3, 0.4) is 0 Å². The van der Waals surface area contributed by atoms with Gasteiger partial charge in [0.25, 0.3) is 0 Å². The summed E-state index contributed by atoms with van der Waals surface area (Å²) in [7, 11) is 1.68. The van der Waals surface area contributed by atoms with Crippen LogP contribution in [0.25, 0.3) is 0 Å². The van der Waals surface area contributed by atoms with E-state index in [1.807, 2.05) is 36.4 Å². The Morgan fingerprint density at radius 3 is 2.38 bits per heavy atom. The first-order valence-electron chi connectivity index (χ1n) is 7.03. The Kier molecular flexibility index (Phi) is 4.63. The molecule has 0 saturated carbocycles. The molecule has 0 atom stereocenters. The lowest BCUT2D eigenvalue weighted by Gasteiger charge is -2.20. The molecule has 0 bridgehead atoms. The highest BCUT2D eigenvalue weighted by molar-refractivity contribution is 5.84. The molecule has 0 aliphatic carbocycles. The zero-order valence-electron chi connectivity index (χ0n) is 13.1. The van der Waals surface area contributed by atoms with Gasteiger partial charge in [0.2, 0.25) is 0 Å². The Labute approximate surface area is 126 Å². The number of methoxy groups -OCH3 is 1. The van der Waals surface area contributed by atoms with Gasteiger partial charge in [0.05, 0.1) is 19.0 Å². The van der Waals surface area contributed by atoms with Crippen LogP contribution >= 0.6 is 0 Å². The van der Waals surface area contributed by atoms with Gasteiger partial charge in [0.1, 0.15) is 5.75 Å². The van der Waals surface area contributed by atoms with E-state index < -0.39 is 0 Å². The first-order valence-corrected chi connectivity index (χ1v) is 7.03. The molecule has 0 spiro atoms. The number of nitrogens with zero attached hydrogens (tertiary/aromatic N) is 1. The number of hydrogen-bond acceptors (Lipinski definition) is 3. The molecule has 2 rings (SSSR count). The second-order valence-corrected chi connectivity index (χ2v) is 5.94. The quantitative estimate of drug-likeness (QED) is 0.664. The van der Waals surface area contributed by atoms with Crippen LogP contribution in [0, 0.1) is 0 Å². The highest BCUT2D eigenvalue weighted by Crippen LogP contribution is 2.27. The SMILES string of the molecule is COc1cc(C(C)(C)C)ccc1C=NNc1ccccc1. The number of hydrazone groups is 1. The monoisotopic (exact) mass is 282 g/mol. The molecule has 0 fully saturated rings. The van der Waals surface area contributed by atoms with E-state index in [2.05, 4.69) is 43.4 Å². The van der Waals surface area contributed by atoms with E-state index in [1.165, 1.54) is 5.56 Å². The van der Waals surface area contributed by atoms with E-state index in [9.17, 15) is 0 Å². The van der Waals surface area contributed by atoms with Gasteiger partial charge in [-0.2, -0.15) is 5.10 Å². The van der Waals surface area contributed by atoms with Crippen LogP contribution in [0.15, 0.2) is 53.6 Å². The van der Waals surface area contributed by atoms with Crippen molar-refractivity contribution in [1.82, 2.24) is 0 Å². The van der Waals surface area contributed by atoms with Gasteiger partial charge in [0, 0.05) is 5.56 Å². The Morgan fingerprint density at radius 1 is 1.05 bits per heavy atom. The third-order valence-corrected chi connectivity index (χ3v) is 3.27. The number of hydrogen-bond donors (Lipinski definition) is 1. The Hall–Kier alpha value is -2.29. The molecule has 0 heterocycles. The van der Waals surface area contributed by atoms with Gasteiger partial charge in [0.15, 0.2) is 0 Å². The molecule has 2 aromatic rings. The summed E-state index contributed by atoms with van der Waals surface area (Å²) in [6, 6.07) is 16.1. The van der Waals surface area contributed by atoms with Crippen LogP contribution in [-0.4, -0.2) is 13.3 Å². The highest BCUT2D eigenvalue weighted by atomic mass is 16.5. The fourth-order valence-electron chi connectivity index (χ4n) is 1.97. The van der Waals surface area contributed by atoms with Gasteiger partial charge >= 0.3 is 0 Å². The molecule has 1 N–H and O–H groups in total. The maximum atomic E-state index is 5.46. The lowest BCUT2D eigenvalue weighted by Crippen LogP contribution is -2.11. The molecule has 0 unspecified atom stereocenters. The third-order valence-electron chi connectivity index (χ3n) is 3.27. The van der Waals surface area contributed by atoms with Crippen LogP contribution in [0.5, 0.6) is 5.75 Å². The summed E-state index contributed by atoms with van der Waals surface area (Å²) in [6.07, 6.45) is 1.78. The standard InChI is InChI=1S/C18H22N2O/c1-18(2,3)15-11-10-14(17(12-15)21-4)13-19-20-16-8-6-5-7-9-16/h5-13,20H,1-4H3. The van der Waals surface area contributed by atoms with Gasteiger partial charge in [-0.15, -0.1) is 0 Å². The molecule has 0 aliphatic heterocycles. The fourth-order valence-corrected chi connectivity index (χ4v) is 1.97. The van der Waals surface area contributed by atoms with Crippen LogP contribution in [-0.2, 0) is 5.41 Å². The number of benzene rings is 2. The predicted molar refractivity (Wildman–Crippen MR) is 89.4 cm³/mol. The number of ether oxygens (including phenoxy) is 1. The van der Waals surface area contributed by atoms with E-state index in [-0.39, 0.29) is 5.41 Å². The van der Waals surface area contributed by atoms with Gasteiger partial charge in [-0.1, -0.05) is 45.0 Å². The van der Waals surface area contributed by atoms with Crippen molar-refractivity contribution in [2.24, 2.45) is 5.10 Å². The van der Waals surface area contributed by atoms with Crippen LogP contribution in [0.2, 0.25) is 0 Å². The first kappa shape index (κ1) is 15.1. The van der Waals surface area contributed by atoms with Crippen molar-refractivity contribution >= 4 is 11.9 Å². The fraction of sp³-hybridized carbons (Fsp3) is 0.278. The highest BCUT2D eigenvalue weighted by Gasteiger charge is 2.15. The molecule has 0 amide bonds. The Bertz CT molecular complexity index is 613. The molecule has 3 heteroatoms. The van der Waals surface area contributed by atoms with Gasteiger partial charge < -0.3 is 4.74 Å². The van der Waals surface area contributed by atoms with Crippen LogP contribution < -0.4 is 10.2 Å². The maximum absolute atomic E-state index is 5.46. The zero-order chi connectivity index (χ0) is 15.3. The number of para-hydroxylation sites is 1. The van der Waals surface area contributed by atoms with E-state index in [1.54, 1.807) is 13.3 Å². The van der Waals surface area contributed by atoms with E-state index in [0.717, 1.165) is 17.0 Å². The van der Waals surface area contributed by atoms with Gasteiger partial charge in [-0.05, 0) is 35.2 Å². The summed E-state index contributed by atoms with van der Waals surface area (Å²) in [5, 5.41) is 4.26. The van der Waals surface area contributed by atoms with Crippen molar-refractivity contribution in [3.63, 3.8) is 0 Å². The molecular weight excluding hydrogens is 260 g/mol. The van der Waals surface area contributed by atoms with E-state index in [0.29, 0.717) is 0 Å². The third kappa shape index (κ3) is 4.09. The molecule has 3 nitrogen and oxygen atoms in total. The van der Waals surface area contributed by atoms with Crippen molar-refractivity contribution < 1.29 is 4.74 Å². The normalized spacial score (nSPS) is 11.6. The topological polar surface area (TPSA) is 33.6 Å². The van der Waals surface area contributed by atoms with Crippen molar-refractivity contribution in [1.29, 1.82) is 0 Å². The predicted octanol–water partition coefficient (Wildman–Crippen LogP) is 4.44. The van der Waals surface area contributed by atoms with Crippen molar-refractivity contribution in [2.75, 3.05) is 12.5 Å². The molecular formula is C18H22N2O. The smallest absolute Gasteiger partial charge is 0.127 e. The van der Waals surface area contributed by atoms with Crippen LogP contribution in [0.1, 0.15) is 31.9 Å². The molecule has 2 aromatic carbocycles. The maximum Gasteiger partial charge on any atom is 0.127 e. The van der Waals surface area contributed by atoms with Gasteiger partial charge in [-0.25, -0.2) is 0 Å². The lowest BCUT2D eigenvalue weighted by atomic mass is 9.86. The van der Waals surface area contributed by atoms with Crippen LogP contribution in [0.4, 0.5) is 5.69 Å². The summed E-state index contributed by atoms with van der Waals surface area (Å²) in [5.74, 6) is 0.834. The molecule has 0 radical (unpaired) electrons. The first-order chi connectivity index (χ1) is 10.0. The number of nitrogens with one attached hydrogen (secondary N) is 1. The minimum absolute atomic E-state index is 0.102. The molecule has 21 heavy (non-hydrogen) atoms. The summed E-state index contributed by atoms with van der Waals surface area (Å²) in [4.78, 5) is 0. The number of rotatable bonds is 4. The molecule has 0 aromatic heterocycles. The zero-order valence-corrected chi connectivity index (χ0v) is 13.1. The van der Waals surface area contributed by atoms with E-state index >= 15 is 0 Å². The summed E-state index contributed by atoms with van der Waals surface area (Å²) >= 11 is 0. The molecule has 0 aliphatic rings. The summed E-state index contributed by atoms with van der Waals surface area (Å²) < 4.78 is 5.46. The van der Waals surface area contributed by atoms with E-state index in [4.69, 9.17) is 4.74 Å². The summed E-state index contributed by atoms with van der Waals surface area (Å²) in [6.45, 7) is 6.56. The van der Waals surface area contributed by atoms with Crippen molar-refractivity contribution in [3.8, 4) is 5.75 Å². The molecule has 0 saturated heterocycles. The minimum atomic E-state index is 0.102. The van der Waals surface area contributed by atoms with Crippen molar-refractivity contribution in [3.05, 3.63) is 59.7 Å². The molecule has 110 valence electrons. The van der Waals surface area contributed by atoms with Crippen molar-refractivity contribution in [2.45, 2.75) is 26.2 Å². The minimum Gasteiger partial charge on any atom is -0.496 e. The second-order valence-electron chi connectivity index (χ2n) is 5.94.